The Morgan fingerprint density at radius 2 is 1.83 bits per heavy atom. The van der Waals surface area contributed by atoms with Crippen molar-refractivity contribution in [2.24, 2.45) is 4.99 Å². The number of aryl methyl sites for hydroxylation is 2. The molecule has 0 aliphatic carbocycles. The van der Waals surface area contributed by atoms with Crippen LogP contribution in [-0.2, 0) is 6.54 Å². The van der Waals surface area contributed by atoms with Gasteiger partial charge in [-0.15, -0.1) is 0 Å². The Bertz CT molecular complexity index is 483. The maximum absolute atomic E-state index is 5.56. The number of hydrogen-bond acceptors (Lipinski definition) is 3. The van der Waals surface area contributed by atoms with Crippen LogP contribution in [0.3, 0.4) is 0 Å². The van der Waals surface area contributed by atoms with Crippen molar-refractivity contribution in [3.05, 3.63) is 23.2 Å². The standard InChI is InChI=1S/C18H34N4O/c1-8-19-18(20-9-10-22(13(2)3)14(4)5)21-12-17-11-15(6)23-16(17)7/h11,13-14H,8-10,12H2,1-7H3,(H2,19,20,21). The Morgan fingerprint density at radius 1 is 1.17 bits per heavy atom. The minimum atomic E-state index is 0.549. The Balaban J connectivity index is 2.57. The van der Waals surface area contributed by atoms with Crippen LogP contribution in [0.4, 0.5) is 0 Å². The second kappa shape index (κ2) is 9.60. The van der Waals surface area contributed by atoms with E-state index >= 15 is 0 Å². The minimum Gasteiger partial charge on any atom is -0.466 e. The number of rotatable bonds is 8. The van der Waals surface area contributed by atoms with E-state index in [4.69, 9.17) is 4.42 Å². The summed E-state index contributed by atoms with van der Waals surface area (Å²) < 4.78 is 5.56. The molecule has 0 saturated heterocycles. The second-order valence-electron chi connectivity index (χ2n) is 6.49. The van der Waals surface area contributed by atoms with Crippen LogP contribution < -0.4 is 10.6 Å². The molecular weight excluding hydrogens is 288 g/mol. The van der Waals surface area contributed by atoms with Crippen LogP contribution in [0.5, 0.6) is 0 Å². The van der Waals surface area contributed by atoms with Crippen molar-refractivity contribution in [3.63, 3.8) is 0 Å². The average molecular weight is 322 g/mol. The Kier molecular flexibility index (Phi) is 8.17. The van der Waals surface area contributed by atoms with E-state index in [0.29, 0.717) is 18.6 Å². The number of furan rings is 1. The molecule has 23 heavy (non-hydrogen) atoms. The van der Waals surface area contributed by atoms with Crippen LogP contribution >= 0.6 is 0 Å². The van der Waals surface area contributed by atoms with Crippen molar-refractivity contribution in [2.45, 2.75) is 67.1 Å². The zero-order valence-electron chi connectivity index (χ0n) is 15.9. The van der Waals surface area contributed by atoms with Crippen molar-refractivity contribution in [1.82, 2.24) is 15.5 Å². The lowest BCUT2D eigenvalue weighted by atomic mass is 10.2. The fourth-order valence-corrected chi connectivity index (χ4v) is 2.76. The summed E-state index contributed by atoms with van der Waals surface area (Å²) >= 11 is 0. The van der Waals surface area contributed by atoms with Gasteiger partial charge in [0.1, 0.15) is 11.5 Å². The molecule has 0 aliphatic rings. The predicted molar refractivity (Wildman–Crippen MR) is 98.0 cm³/mol. The molecule has 0 saturated carbocycles. The van der Waals surface area contributed by atoms with E-state index in [9.17, 15) is 0 Å². The van der Waals surface area contributed by atoms with Crippen LogP contribution in [0.1, 0.15) is 51.7 Å². The molecule has 0 amide bonds. The van der Waals surface area contributed by atoms with E-state index < -0.39 is 0 Å². The smallest absolute Gasteiger partial charge is 0.191 e. The van der Waals surface area contributed by atoms with Crippen LogP contribution in [-0.4, -0.2) is 42.6 Å². The van der Waals surface area contributed by atoms with Crippen LogP contribution in [0.25, 0.3) is 0 Å². The summed E-state index contributed by atoms with van der Waals surface area (Å²) in [6.45, 7) is 18.4. The monoisotopic (exact) mass is 322 g/mol. The number of guanidine groups is 1. The number of nitrogens with one attached hydrogen (secondary N) is 2. The molecular formula is C18H34N4O. The number of aliphatic imine (C=N–C) groups is 1. The molecule has 132 valence electrons. The molecule has 1 rings (SSSR count). The van der Waals surface area contributed by atoms with Gasteiger partial charge in [-0.3, -0.25) is 4.90 Å². The molecule has 0 unspecified atom stereocenters. The summed E-state index contributed by atoms with van der Waals surface area (Å²) in [4.78, 5) is 7.13. The van der Waals surface area contributed by atoms with Gasteiger partial charge in [-0.25, -0.2) is 4.99 Å². The van der Waals surface area contributed by atoms with Crippen molar-refractivity contribution >= 4 is 5.96 Å². The van der Waals surface area contributed by atoms with Crippen molar-refractivity contribution in [3.8, 4) is 0 Å². The topological polar surface area (TPSA) is 52.8 Å². The van der Waals surface area contributed by atoms with E-state index in [2.05, 4.69) is 61.2 Å². The van der Waals surface area contributed by atoms with Gasteiger partial charge in [-0.1, -0.05) is 0 Å². The van der Waals surface area contributed by atoms with Crippen LogP contribution in [0, 0.1) is 13.8 Å². The lowest BCUT2D eigenvalue weighted by molar-refractivity contribution is 0.178. The third-order valence-corrected chi connectivity index (χ3v) is 3.88. The van der Waals surface area contributed by atoms with Crippen molar-refractivity contribution in [1.29, 1.82) is 0 Å². The van der Waals surface area contributed by atoms with Gasteiger partial charge >= 0.3 is 0 Å². The van der Waals surface area contributed by atoms with E-state index in [1.807, 2.05) is 13.8 Å². The van der Waals surface area contributed by atoms with E-state index in [-0.39, 0.29) is 0 Å². The van der Waals surface area contributed by atoms with Gasteiger partial charge in [-0.05, 0) is 54.5 Å². The molecule has 0 bridgehead atoms. The molecule has 0 radical (unpaired) electrons. The van der Waals surface area contributed by atoms with Gasteiger partial charge in [0.25, 0.3) is 0 Å². The quantitative estimate of drug-likeness (QED) is 0.570. The fourth-order valence-electron chi connectivity index (χ4n) is 2.76. The molecule has 0 spiro atoms. The zero-order valence-corrected chi connectivity index (χ0v) is 15.9. The van der Waals surface area contributed by atoms with Gasteiger partial charge in [0.15, 0.2) is 5.96 Å². The predicted octanol–water partition coefficient (Wildman–Crippen LogP) is 3.07. The second-order valence-corrected chi connectivity index (χ2v) is 6.49. The normalized spacial score (nSPS) is 12.5. The van der Waals surface area contributed by atoms with Gasteiger partial charge < -0.3 is 15.1 Å². The van der Waals surface area contributed by atoms with Gasteiger partial charge in [-0.2, -0.15) is 0 Å². The van der Waals surface area contributed by atoms with E-state index in [1.54, 1.807) is 0 Å². The molecule has 0 fully saturated rings. The lowest BCUT2D eigenvalue weighted by Gasteiger charge is -2.30. The van der Waals surface area contributed by atoms with Crippen LogP contribution in [0.15, 0.2) is 15.5 Å². The maximum atomic E-state index is 5.56. The molecule has 0 atom stereocenters. The summed E-state index contributed by atoms with van der Waals surface area (Å²) in [7, 11) is 0. The van der Waals surface area contributed by atoms with Crippen LogP contribution in [0.2, 0.25) is 0 Å². The Morgan fingerprint density at radius 3 is 2.30 bits per heavy atom. The van der Waals surface area contributed by atoms with Gasteiger partial charge in [0.2, 0.25) is 0 Å². The summed E-state index contributed by atoms with van der Waals surface area (Å²) in [6, 6.07) is 3.16. The molecule has 5 heteroatoms. The molecule has 5 nitrogen and oxygen atoms in total. The summed E-state index contributed by atoms with van der Waals surface area (Å²) in [5.74, 6) is 2.75. The molecule has 0 aromatic carbocycles. The zero-order chi connectivity index (χ0) is 17.4. The maximum Gasteiger partial charge on any atom is 0.191 e. The highest BCUT2D eigenvalue weighted by molar-refractivity contribution is 5.79. The highest BCUT2D eigenvalue weighted by atomic mass is 16.3. The molecule has 1 aromatic heterocycles. The number of hydrogen-bond donors (Lipinski definition) is 2. The first kappa shape index (κ1) is 19.6. The van der Waals surface area contributed by atoms with E-state index in [1.165, 1.54) is 0 Å². The minimum absolute atomic E-state index is 0.549. The summed E-state index contributed by atoms with van der Waals surface area (Å²) in [6.07, 6.45) is 0. The summed E-state index contributed by atoms with van der Waals surface area (Å²) in [5.41, 5.74) is 1.14. The third kappa shape index (κ3) is 6.65. The SMILES string of the molecule is CCNC(=NCc1cc(C)oc1C)NCCN(C(C)C)C(C)C. The highest BCUT2D eigenvalue weighted by Gasteiger charge is 2.12. The molecule has 1 heterocycles. The molecule has 2 N–H and O–H groups in total. The third-order valence-electron chi connectivity index (χ3n) is 3.88. The van der Waals surface area contributed by atoms with Crippen molar-refractivity contribution < 1.29 is 4.42 Å². The summed E-state index contributed by atoms with van der Waals surface area (Å²) in [5, 5.41) is 6.73. The molecule has 0 aliphatic heterocycles. The first-order valence-corrected chi connectivity index (χ1v) is 8.69. The first-order valence-electron chi connectivity index (χ1n) is 8.69. The van der Waals surface area contributed by atoms with Crippen molar-refractivity contribution in [2.75, 3.05) is 19.6 Å². The lowest BCUT2D eigenvalue weighted by Crippen LogP contribution is -2.45. The van der Waals surface area contributed by atoms with Gasteiger partial charge in [0.05, 0.1) is 6.54 Å². The largest absolute Gasteiger partial charge is 0.466 e. The fraction of sp³-hybridized carbons (Fsp3) is 0.722. The first-order chi connectivity index (χ1) is 10.8. The highest BCUT2D eigenvalue weighted by Crippen LogP contribution is 2.14. The average Bonchev–Trinajstić information content (AvgIpc) is 2.77. The van der Waals surface area contributed by atoms with E-state index in [0.717, 1.165) is 42.7 Å². The number of nitrogens with zero attached hydrogens (tertiary/aromatic N) is 2. The Hall–Kier alpha value is -1.49. The Labute approximate surface area is 141 Å². The molecule has 1 aromatic rings. The van der Waals surface area contributed by atoms with Gasteiger partial charge in [0, 0.05) is 37.3 Å².